The largest absolute Gasteiger partial charge is 0.479 e. The number of carbonyl (C=O) groups is 2. The number of hydrogen-bond donors (Lipinski definition) is 2. The third kappa shape index (κ3) is 3.22. The van der Waals surface area contributed by atoms with Crippen molar-refractivity contribution in [3.63, 3.8) is 0 Å². The van der Waals surface area contributed by atoms with Crippen LogP contribution in [0.4, 0.5) is 0 Å². The lowest BCUT2D eigenvalue weighted by Gasteiger charge is -2.58. The van der Waals surface area contributed by atoms with Crippen LogP contribution in [0.3, 0.4) is 0 Å². The molecule has 0 heterocycles. The Morgan fingerprint density at radius 2 is 2.08 bits per heavy atom. The van der Waals surface area contributed by atoms with Gasteiger partial charge in [-0.05, 0) is 31.0 Å². The average Bonchev–Trinajstić information content (AvgIpc) is 2.49. The van der Waals surface area contributed by atoms with Crippen LogP contribution >= 0.6 is 15.9 Å². The second-order valence-electron chi connectivity index (χ2n) is 6.89. The van der Waals surface area contributed by atoms with E-state index in [-0.39, 0.29) is 24.9 Å². The van der Waals surface area contributed by atoms with Crippen molar-refractivity contribution in [3.8, 4) is 0 Å². The SMILES string of the molecule is CCOC1CC(NC(=O)Cc2ccc(C)c(Br)c2)(C(=O)O)C1(C)C. The first-order valence-corrected chi connectivity index (χ1v) is 8.84. The first-order valence-electron chi connectivity index (χ1n) is 8.05. The summed E-state index contributed by atoms with van der Waals surface area (Å²) in [5.74, 6) is -1.31. The topological polar surface area (TPSA) is 75.6 Å². The van der Waals surface area contributed by atoms with E-state index < -0.39 is 16.9 Å². The number of rotatable bonds is 6. The van der Waals surface area contributed by atoms with E-state index in [2.05, 4.69) is 21.2 Å². The first kappa shape index (κ1) is 18.9. The Labute approximate surface area is 150 Å². The molecule has 0 aliphatic heterocycles. The van der Waals surface area contributed by atoms with Gasteiger partial charge in [-0.2, -0.15) is 0 Å². The fraction of sp³-hybridized carbons (Fsp3) is 0.556. The maximum Gasteiger partial charge on any atom is 0.330 e. The summed E-state index contributed by atoms with van der Waals surface area (Å²) >= 11 is 3.45. The number of nitrogens with one attached hydrogen (secondary N) is 1. The Balaban J connectivity index is 2.13. The van der Waals surface area contributed by atoms with Gasteiger partial charge in [-0.25, -0.2) is 4.79 Å². The molecule has 1 aliphatic rings. The summed E-state index contributed by atoms with van der Waals surface area (Å²) in [7, 11) is 0. The number of halogens is 1. The second kappa shape index (κ2) is 6.84. The molecule has 5 nitrogen and oxygen atoms in total. The number of ether oxygens (including phenoxy) is 1. The van der Waals surface area contributed by atoms with Crippen LogP contribution in [0.15, 0.2) is 22.7 Å². The molecule has 1 fully saturated rings. The fourth-order valence-corrected chi connectivity index (χ4v) is 3.68. The van der Waals surface area contributed by atoms with Gasteiger partial charge in [0.1, 0.15) is 5.54 Å². The summed E-state index contributed by atoms with van der Waals surface area (Å²) in [6.07, 6.45) is 0.253. The molecule has 1 aliphatic carbocycles. The summed E-state index contributed by atoms with van der Waals surface area (Å²) < 4.78 is 6.54. The van der Waals surface area contributed by atoms with Crippen LogP contribution in [0.2, 0.25) is 0 Å². The van der Waals surface area contributed by atoms with Gasteiger partial charge >= 0.3 is 5.97 Å². The molecule has 2 atom stereocenters. The predicted molar refractivity (Wildman–Crippen MR) is 94.9 cm³/mol. The van der Waals surface area contributed by atoms with Crippen LogP contribution in [-0.2, 0) is 20.7 Å². The lowest BCUT2D eigenvalue weighted by molar-refractivity contribution is -0.194. The molecule has 0 spiro atoms. The van der Waals surface area contributed by atoms with Crippen molar-refractivity contribution in [2.24, 2.45) is 5.41 Å². The molecule has 0 radical (unpaired) electrons. The summed E-state index contributed by atoms with van der Waals surface area (Å²) in [5, 5.41) is 12.5. The lowest BCUT2D eigenvalue weighted by atomic mass is 9.54. The van der Waals surface area contributed by atoms with Gasteiger partial charge in [0.05, 0.1) is 12.5 Å². The van der Waals surface area contributed by atoms with Crippen LogP contribution in [0, 0.1) is 12.3 Å². The highest BCUT2D eigenvalue weighted by Gasteiger charge is 2.66. The molecule has 1 saturated carbocycles. The van der Waals surface area contributed by atoms with Crippen LogP contribution < -0.4 is 5.32 Å². The molecular weight excluding hydrogens is 374 g/mol. The zero-order valence-corrected chi connectivity index (χ0v) is 16.1. The summed E-state index contributed by atoms with van der Waals surface area (Å²) in [6, 6.07) is 5.69. The Hall–Kier alpha value is -1.40. The van der Waals surface area contributed by atoms with E-state index in [1.54, 1.807) is 0 Å². The Morgan fingerprint density at radius 3 is 2.58 bits per heavy atom. The normalized spacial score (nSPS) is 25.0. The number of amides is 1. The molecule has 1 amide bonds. The minimum Gasteiger partial charge on any atom is -0.479 e. The molecule has 24 heavy (non-hydrogen) atoms. The van der Waals surface area contributed by atoms with E-state index >= 15 is 0 Å². The third-order valence-corrected chi connectivity index (χ3v) is 5.94. The Morgan fingerprint density at radius 1 is 1.42 bits per heavy atom. The van der Waals surface area contributed by atoms with E-state index in [1.807, 2.05) is 45.9 Å². The Bertz CT molecular complexity index is 658. The van der Waals surface area contributed by atoms with Gasteiger partial charge in [-0.1, -0.05) is 41.9 Å². The number of aliphatic carboxylic acids is 1. The van der Waals surface area contributed by atoms with Gasteiger partial charge in [-0.3, -0.25) is 4.79 Å². The van der Waals surface area contributed by atoms with Gasteiger partial charge in [0, 0.05) is 22.9 Å². The van der Waals surface area contributed by atoms with Crippen LogP contribution in [0.5, 0.6) is 0 Å². The quantitative estimate of drug-likeness (QED) is 0.773. The van der Waals surface area contributed by atoms with Crippen molar-refractivity contribution < 1.29 is 19.4 Å². The summed E-state index contributed by atoms with van der Waals surface area (Å²) in [5.41, 5.74) is -0.0330. The van der Waals surface area contributed by atoms with E-state index in [9.17, 15) is 14.7 Å². The van der Waals surface area contributed by atoms with Gasteiger partial charge in [0.2, 0.25) is 5.91 Å². The highest BCUT2D eigenvalue weighted by molar-refractivity contribution is 9.10. The molecule has 6 heteroatoms. The van der Waals surface area contributed by atoms with Crippen molar-refractivity contribution >= 4 is 27.8 Å². The number of hydrogen-bond acceptors (Lipinski definition) is 3. The number of benzene rings is 1. The van der Waals surface area contributed by atoms with Crippen LogP contribution in [-0.4, -0.2) is 35.2 Å². The monoisotopic (exact) mass is 397 g/mol. The second-order valence-corrected chi connectivity index (χ2v) is 7.74. The Kier molecular flexibility index (Phi) is 5.40. The van der Waals surface area contributed by atoms with E-state index in [0.717, 1.165) is 15.6 Å². The van der Waals surface area contributed by atoms with Crippen molar-refractivity contribution in [3.05, 3.63) is 33.8 Å². The van der Waals surface area contributed by atoms with Crippen LogP contribution in [0.1, 0.15) is 38.3 Å². The standard InChI is InChI=1S/C18H24BrNO4/c1-5-24-14-10-18(16(22)23,17(14,3)4)20-15(21)9-12-7-6-11(2)13(19)8-12/h6-8,14H,5,9-10H2,1-4H3,(H,20,21)(H,22,23). The van der Waals surface area contributed by atoms with E-state index in [1.165, 1.54) is 0 Å². The maximum atomic E-state index is 12.4. The molecular formula is C18H24BrNO4. The number of carboxylic acids is 1. The maximum absolute atomic E-state index is 12.4. The number of aryl methyl sites for hydroxylation is 1. The van der Waals surface area contributed by atoms with Crippen molar-refractivity contribution in [1.29, 1.82) is 0 Å². The minimum atomic E-state index is -1.29. The number of carbonyl (C=O) groups excluding carboxylic acids is 1. The zero-order valence-electron chi connectivity index (χ0n) is 14.5. The van der Waals surface area contributed by atoms with Crippen molar-refractivity contribution in [2.75, 3.05) is 6.61 Å². The molecule has 132 valence electrons. The van der Waals surface area contributed by atoms with E-state index in [4.69, 9.17) is 4.74 Å². The van der Waals surface area contributed by atoms with Crippen molar-refractivity contribution in [2.45, 2.75) is 52.2 Å². The molecule has 2 unspecified atom stereocenters. The molecule has 1 aromatic rings. The highest BCUT2D eigenvalue weighted by Crippen LogP contribution is 2.51. The molecule has 0 aromatic heterocycles. The lowest BCUT2D eigenvalue weighted by Crippen LogP contribution is -2.76. The molecule has 1 aromatic carbocycles. The van der Waals surface area contributed by atoms with E-state index in [0.29, 0.717) is 6.61 Å². The average molecular weight is 398 g/mol. The minimum absolute atomic E-state index is 0.142. The highest BCUT2D eigenvalue weighted by atomic mass is 79.9. The summed E-state index contributed by atoms with van der Waals surface area (Å²) in [6.45, 7) is 8.03. The van der Waals surface area contributed by atoms with Gasteiger partial charge in [0.25, 0.3) is 0 Å². The third-order valence-electron chi connectivity index (χ3n) is 5.08. The predicted octanol–water partition coefficient (Wildman–Crippen LogP) is 3.07. The first-order chi connectivity index (χ1) is 11.1. The number of carboxylic acid groups (broad SMARTS) is 1. The van der Waals surface area contributed by atoms with Gasteiger partial charge in [0.15, 0.2) is 0 Å². The van der Waals surface area contributed by atoms with Crippen LogP contribution in [0.25, 0.3) is 0 Å². The molecule has 2 rings (SSSR count). The summed E-state index contributed by atoms with van der Waals surface area (Å²) in [4.78, 5) is 24.3. The molecule has 2 N–H and O–H groups in total. The van der Waals surface area contributed by atoms with Gasteiger partial charge < -0.3 is 15.2 Å². The van der Waals surface area contributed by atoms with Crippen molar-refractivity contribution in [1.82, 2.24) is 5.32 Å². The fourth-order valence-electron chi connectivity index (χ4n) is 3.25. The van der Waals surface area contributed by atoms with Gasteiger partial charge in [-0.15, -0.1) is 0 Å². The molecule has 0 bridgehead atoms. The molecule has 0 saturated heterocycles. The zero-order chi connectivity index (χ0) is 18.1. The smallest absolute Gasteiger partial charge is 0.330 e.